The van der Waals surface area contributed by atoms with E-state index in [1.165, 1.54) is 100 Å². The molecule has 9 aromatic carbocycles. The summed E-state index contributed by atoms with van der Waals surface area (Å²) < 4.78 is 0. The number of benzene rings is 9. The second kappa shape index (κ2) is 13.4. The Morgan fingerprint density at radius 2 is 0.536 bits per heavy atom. The highest BCUT2D eigenvalue weighted by molar-refractivity contribution is 5.91. The van der Waals surface area contributed by atoms with Crippen LogP contribution in [0.5, 0.6) is 0 Å². The molecule has 56 heavy (non-hydrogen) atoms. The fraction of sp³-hybridized carbons (Fsp3) is 0.0357. The van der Waals surface area contributed by atoms with Crippen LogP contribution in [0.1, 0.15) is 45.2 Å². The summed E-state index contributed by atoms with van der Waals surface area (Å²) in [5.74, 6) is 0.278. The summed E-state index contributed by atoms with van der Waals surface area (Å²) in [6.07, 6.45) is 0. The standard InChI is InChI=1S/C56H38/c1-5-17-37(18-6-1)41-29-42(38-19-7-2-8-20-38)31-44(30-41)45-32-43(39-21-9-3-10-22-39)33-46(34-45)56-50-28-16-14-26-48(50)52-35-51-47-25-13-15-27-49(47)55(53(51)36-54(52)56)40-23-11-4-12-24-40/h1-36,55-56H. The van der Waals surface area contributed by atoms with Gasteiger partial charge in [0.1, 0.15) is 0 Å². The molecule has 0 amide bonds. The van der Waals surface area contributed by atoms with Gasteiger partial charge in [-0.2, -0.15) is 0 Å². The molecular weight excluding hydrogens is 673 g/mol. The van der Waals surface area contributed by atoms with E-state index in [0.29, 0.717) is 0 Å². The van der Waals surface area contributed by atoms with Crippen molar-refractivity contribution in [1.82, 2.24) is 0 Å². The highest BCUT2D eigenvalue weighted by Gasteiger charge is 2.36. The van der Waals surface area contributed by atoms with Crippen molar-refractivity contribution in [3.05, 3.63) is 252 Å². The maximum atomic E-state index is 2.56. The summed E-state index contributed by atoms with van der Waals surface area (Å²) in [6, 6.07) is 81.1. The zero-order valence-corrected chi connectivity index (χ0v) is 30.9. The normalized spacial score (nSPS) is 14.8. The van der Waals surface area contributed by atoms with Crippen molar-refractivity contribution in [3.8, 4) is 66.8 Å². The van der Waals surface area contributed by atoms with Crippen molar-refractivity contribution < 1.29 is 0 Å². The lowest BCUT2D eigenvalue weighted by molar-refractivity contribution is 0.982. The highest BCUT2D eigenvalue weighted by atomic mass is 14.4. The Labute approximate surface area is 329 Å². The van der Waals surface area contributed by atoms with Crippen molar-refractivity contribution in [2.45, 2.75) is 11.8 Å². The summed E-state index contributed by atoms with van der Waals surface area (Å²) in [5.41, 5.74) is 23.3. The molecule has 2 aliphatic rings. The maximum Gasteiger partial charge on any atom is 0.0352 e. The fourth-order valence-electron chi connectivity index (χ4n) is 9.44. The molecule has 0 aliphatic heterocycles. The topological polar surface area (TPSA) is 0 Å². The molecule has 0 nitrogen and oxygen atoms in total. The molecule has 0 saturated heterocycles. The van der Waals surface area contributed by atoms with E-state index in [0.717, 1.165) is 0 Å². The zero-order valence-electron chi connectivity index (χ0n) is 30.9. The third-order valence-electron chi connectivity index (χ3n) is 12.0. The average molecular weight is 711 g/mol. The van der Waals surface area contributed by atoms with Gasteiger partial charge in [-0.05, 0) is 130 Å². The van der Waals surface area contributed by atoms with Gasteiger partial charge in [-0.15, -0.1) is 0 Å². The van der Waals surface area contributed by atoms with E-state index >= 15 is 0 Å². The Kier molecular flexibility index (Phi) is 7.74. The van der Waals surface area contributed by atoms with Gasteiger partial charge in [0, 0.05) is 11.8 Å². The maximum absolute atomic E-state index is 2.56. The Morgan fingerprint density at radius 3 is 1.00 bits per heavy atom. The molecule has 0 heteroatoms. The highest BCUT2D eigenvalue weighted by Crippen LogP contribution is 2.55. The predicted molar refractivity (Wildman–Crippen MR) is 234 cm³/mol. The monoisotopic (exact) mass is 710 g/mol. The summed E-state index contributed by atoms with van der Waals surface area (Å²) in [7, 11) is 0. The first-order chi connectivity index (χ1) is 27.8. The quantitative estimate of drug-likeness (QED) is 0.161. The van der Waals surface area contributed by atoms with Gasteiger partial charge < -0.3 is 0 Å². The van der Waals surface area contributed by atoms with Gasteiger partial charge in [-0.1, -0.05) is 188 Å². The number of rotatable bonds is 6. The Hall–Kier alpha value is -7.02. The van der Waals surface area contributed by atoms with Crippen LogP contribution in [0, 0.1) is 0 Å². The predicted octanol–water partition coefficient (Wildman–Crippen LogP) is 14.7. The minimum Gasteiger partial charge on any atom is -0.0622 e. The lowest BCUT2D eigenvalue weighted by Crippen LogP contribution is -2.03. The molecule has 11 rings (SSSR count). The summed E-state index contributed by atoms with van der Waals surface area (Å²) in [5, 5.41) is 0. The summed E-state index contributed by atoms with van der Waals surface area (Å²) >= 11 is 0. The van der Waals surface area contributed by atoms with Crippen LogP contribution in [0.4, 0.5) is 0 Å². The molecule has 0 aromatic heterocycles. The lowest BCUT2D eigenvalue weighted by atomic mass is 9.83. The van der Waals surface area contributed by atoms with Crippen molar-refractivity contribution in [2.24, 2.45) is 0 Å². The molecule has 2 atom stereocenters. The number of hydrogen-bond donors (Lipinski definition) is 0. The third-order valence-corrected chi connectivity index (χ3v) is 12.0. The van der Waals surface area contributed by atoms with Crippen LogP contribution in [0.15, 0.2) is 218 Å². The number of fused-ring (bicyclic) bond motifs is 6. The second-order valence-electron chi connectivity index (χ2n) is 15.2. The number of hydrogen-bond acceptors (Lipinski definition) is 0. The van der Waals surface area contributed by atoms with Gasteiger partial charge in [0.2, 0.25) is 0 Å². The average Bonchev–Trinajstić information content (AvgIpc) is 3.78. The molecule has 9 aromatic rings. The molecule has 0 saturated carbocycles. The first kappa shape index (κ1) is 32.4. The van der Waals surface area contributed by atoms with E-state index in [9.17, 15) is 0 Å². The van der Waals surface area contributed by atoms with Crippen molar-refractivity contribution in [3.63, 3.8) is 0 Å². The molecular formula is C56H38. The van der Waals surface area contributed by atoms with E-state index < -0.39 is 0 Å². The van der Waals surface area contributed by atoms with Crippen LogP contribution in [-0.2, 0) is 0 Å². The van der Waals surface area contributed by atoms with Crippen LogP contribution in [0.3, 0.4) is 0 Å². The summed E-state index contributed by atoms with van der Waals surface area (Å²) in [6.45, 7) is 0. The molecule has 262 valence electrons. The van der Waals surface area contributed by atoms with E-state index in [1.807, 2.05) is 0 Å². The molecule has 0 radical (unpaired) electrons. The van der Waals surface area contributed by atoms with Crippen LogP contribution in [-0.4, -0.2) is 0 Å². The SMILES string of the molecule is c1ccc(-c2cc(-c3ccccc3)cc(-c3cc(-c4ccccc4)cc(C4c5ccccc5-c5cc6c(cc54)C(c4ccccc4)c4ccccc4-6)c3)c2)cc1. The van der Waals surface area contributed by atoms with Crippen LogP contribution < -0.4 is 0 Å². The minimum absolute atomic E-state index is 0.0833. The molecule has 0 fully saturated rings. The van der Waals surface area contributed by atoms with Gasteiger partial charge in [0.25, 0.3) is 0 Å². The minimum atomic E-state index is 0.0833. The smallest absolute Gasteiger partial charge is 0.0352 e. The van der Waals surface area contributed by atoms with Crippen molar-refractivity contribution in [2.75, 3.05) is 0 Å². The molecule has 0 spiro atoms. The van der Waals surface area contributed by atoms with Crippen molar-refractivity contribution >= 4 is 0 Å². The molecule has 0 bridgehead atoms. The van der Waals surface area contributed by atoms with E-state index in [1.54, 1.807) is 0 Å². The largest absolute Gasteiger partial charge is 0.0622 e. The summed E-state index contributed by atoms with van der Waals surface area (Å²) in [4.78, 5) is 0. The van der Waals surface area contributed by atoms with Crippen LogP contribution >= 0.6 is 0 Å². The van der Waals surface area contributed by atoms with Crippen LogP contribution in [0.25, 0.3) is 66.8 Å². The van der Waals surface area contributed by atoms with Gasteiger partial charge >= 0.3 is 0 Å². The molecule has 2 unspecified atom stereocenters. The van der Waals surface area contributed by atoms with Gasteiger partial charge in [-0.3, -0.25) is 0 Å². The first-order valence-electron chi connectivity index (χ1n) is 19.6. The van der Waals surface area contributed by atoms with E-state index in [2.05, 4.69) is 218 Å². The Balaban J connectivity index is 1.14. The van der Waals surface area contributed by atoms with E-state index in [-0.39, 0.29) is 11.8 Å². The fourth-order valence-corrected chi connectivity index (χ4v) is 9.44. The Morgan fingerprint density at radius 1 is 0.196 bits per heavy atom. The Bertz CT molecular complexity index is 2830. The third kappa shape index (κ3) is 5.45. The molecule has 0 N–H and O–H groups in total. The molecule has 2 aliphatic carbocycles. The molecule has 0 heterocycles. The van der Waals surface area contributed by atoms with Gasteiger partial charge in [-0.25, -0.2) is 0 Å². The first-order valence-corrected chi connectivity index (χ1v) is 19.6. The lowest BCUT2D eigenvalue weighted by Gasteiger charge is -2.20. The van der Waals surface area contributed by atoms with Crippen LogP contribution in [0.2, 0.25) is 0 Å². The zero-order chi connectivity index (χ0) is 37.0. The van der Waals surface area contributed by atoms with Crippen molar-refractivity contribution in [1.29, 1.82) is 0 Å². The second-order valence-corrected chi connectivity index (χ2v) is 15.2. The van der Waals surface area contributed by atoms with Gasteiger partial charge in [0.15, 0.2) is 0 Å². The van der Waals surface area contributed by atoms with E-state index in [4.69, 9.17) is 0 Å². The van der Waals surface area contributed by atoms with Gasteiger partial charge in [0.05, 0.1) is 0 Å².